The molecule has 34 heavy (non-hydrogen) atoms. The van der Waals surface area contributed by atoms with E-state index in [0.717, 1.165) is 54.9 Å². The minimum absolute atomic E-state index is 0.0366. The molecular formula is C29H34N2O3. The first-order valence-corrected chi connectivity index (χ1v) is 12.7. The van der Waals surface area contributed by atoms with Gasteiger partial charge < -0.3 is 15.0 Å². The first kappa shape index (κ1) is 22.7. The van der Waals surface area contributed by atoms with Crippen LogP contribution in [-0.2, 0) is 11.2 Å². The van der Waals surface area contributed by atoms with Gasteiger partial charge in [-0.15, -0.1) is 0 Å². The van der Waals surface area contributed by atoms with Gasteiger partial charge in [0.1, 0.15) is 11.9 Å². The first-order chi connectivity index (χ1) is 16.6. The number of hydrogen-bond donors (Lipinski definition) is 1. The van der Waals surface area contributed by atoms with Crippen LogP contribution in [0.25, 0.3) is 0 Å². The van der Waals surface area contributed by atoms with Gasteiger partial charge in [-0.05, 0) is 60.8 Å². The van der Waals surface area contributed by atoms with Gasteiger partial charge in [0.2, 0.25) is 5.91 Å². The second kappa shape index (κ2) is 10.5. The summed E-state index contributed by atoms with van der Waals surface area (Å²) in [6, 6.07) is 17.3. The zero-order chi connectivity index (χ0) is 23.3. The van der Waals surface area contributed by atoms with Crippen LogP contribution in [0.2, 0.25) is 0 Å². The van der Waals surface area contributed by atoms with Crippen molar-refractivity contribution in [2.45, 2.75) is 44.6 Å². The van der Waals surface area contributed by atoms with Crippen molar-refractivity contribution in [3.63, 3.8) is 0 Å². The Balaban J connectivity index is 1.06. The Kier molecular flexibility index (Phi) is 6.98. The van der Waals surface area contributed by atoms with Gasteiger partial charge in [-0.1, -0.05) is 48.6 Å². The van der Waals surface area contributed by atoms with Crippen LogP contribution >= 0.6 is 0 Å². The highest BCUT2D eigenvalue weighted by Gasteiger charge is 2.35. The van der Waals surface area contributed by atoms with Crippen LogP contribution in [0.4, 0.5) is 0 Å². The molecular weight excluding hydrogens is 424 g/mol. The van der Waals surface area contributed by atoms with Gasteiger partial charge in [0.25, 0.3) is 5.91 Å². The summed E-state index contributed by atoms with van der Waals surface area (Å²) in [5.41, 5.74) is 1.69. The summed E-state index contributed by atoms with van der Waals surface area (Å²) in [6.07, 6.45) is 10.5. The van der Waals surface area contributed by atoms with Gasteiger partial charge >= 0.3 is 0 Å². The highest BCUT2D eigenvalue weighted by atomic mass is 16.5. The van der Waals surface area contributed by atoms with Crippen molar-refractivity contribution in [2.24, 2.45) is 17.8 Å². The van der Waals surface area contributed by atoms with Gasteiger partial charge in [0.05, 0.1) is 6.42 Å². The summed E-state index contributed by atoms with van der Waals surface area (Å²) in [4.78, 5) is 27.2. The third-order valence-electron chi connectivity index (χ3n) is 7.61. The first-order valence-electron chi connectivity index (χ1n) is 12.7. The molecule has 3 unspecified atom stereocenters. The van der Waals surface area contributed by atoms with E-state index in [2.05, 4.69) is 17.5 Å². The lowest BCUT2D eigenvalue weighted by Crippen LogP contribution is -2.42. The van der Waals surface area contributed by atoms with Gasteiger partial charge in [-0.25, -0.2) is 0 Å². The predicted molar refractivity (Wildman–Crippen MR) is 133 cm³/mol. The summed E-state index contributed by atoms with van der Waals surface area (Å²) in [7, 11) is 0. The molecule has 2 amide bonds. The van der Waals surface area contributed by atoms with Crippen LogP contribution in [0, 0.1) is 17.8 Å². The lowest BCUT2D eigenvalue weighted by Gasteiger charge is -2.32. The molecule has 1 N–H and O–H groups in total. The average Bonchev–Trinajstić information content (AvgIpc) is 3.49. The number of allylic oxidation sites excluding steroid dienone is 2. The monoisotopic (exact) mass is 458 g/mol. The zero-order valence-corrected chi connectivity index (χ0v) is 19.7. The minimum Gasteiger partial charge on any atom is -0.490 e. The average molecular weight is 459 g/mol. The number of carbonyl (C=O) groups excluding carboxylic acids is 2. The topological polar surface area (TPSA) is 58.6 Å². The number of nitrogens with one attached hydrogen (secondary N) is 1. The summed E-state index contributed by atoms with van der Waals surface area (Å²) in [5, 5.41) is 3.09. The largest absolute Gasteiger partial charge is 0.490 e. The molecule has 178 valence electrons. The number of piperidine rings is 1. The van der Waals surface area contributed by atoms with Gasteiger partial charge in [0, 0.05) is 38.0 Å². The Morgan fingerprint density at radius 2 is 1.79 bits per heavy atom. The fraction of sp³-hybridized carbons (Fsp3) is 0.448. The van der Waals surface area contributed by atoms with E-state index in [0.29, 0.717) is 25.1 Å². The van der Waals surface area contributed by atoms with Crippen LogP contribution in [-0.4, -0.2) is 42.5 Å². The molecule has 3 atom stereocenters. The maximum absolute atomic E-state index is 12.7. The summed E-state index contributed by atoms with van der Waals surface area (Å²) in [6.45, 7) is 2.13. The maximum Gasteiger partial charge on any atom is 0.251 e. The molecule has 2 aromatic rings. The van der Waals surface area contributed by atoms with Crippen molar-refractivity contribution in [3.05, 3.63) is 77.9 Å². The summed E-state index contributed by atoms with van der Waals surface area (Å²) < 4.78 is 6.19. The van der Waals surface area contributed by atoms with Crippen LogP contribution < -0.4 is 10.1 Å². The normalized spacial score (nSPS) is 23.8. The Morgan fingerprint density at radius 1 is 0.971 bits per heavy atom. The number of fused-ring (bicyclic) bond motifs is 2. The van der Waals surface area contributed by atoms with Crippen LogP contribution in [0.3, 0.4) is 0 Å². The molecule has 3 aliphatic rings. The fourth-order valence-electron chi connectivity index (χ4n) is 5.71. The number of carbonyl (C=O) groups is 2. The van der Waals surface area contributed by atoms with Crippen LogP contribution in [0.1, 0.15) is 48.0 Å². The van der Waals surface area contributed by atoms with E-state index in [1.807, 2.05) is 59.5 Å². The number of hydrogen-bond acceptors (Lipinski definition) is 3. The van der Waals surface area contributed by atoms with Crippen LogP contribution in [0.15, 0.2) is 66.7 Å². The number of benzene rings is 2. The minimum atomic E-state index is -0.0366. The van der Waals surface area contributed by atoms with Crippen molar-refractivity contribution in [1.82, 2.24) is 10.2 Å². The lowest BCUT2D eigenvalue weighted by molar-refractivity contribution is -0.132. The third kappa shape index (κ3) is 5.52. The number of amides is 2. The summed E-state index contributed by atoms with van der Waals surface area (Å²) in [5.74, 6) is 3.07. The highest BCUT2D eigenvalue weighted by molar-refractivity contribution is 5.94. The number of ether oxygens (including phenoxy) is 1. The standard InChI is InChI=1S/C29H34N2O3/c32-28(19-21-5-2-1-3-6-21)31-15-12-26(13-16-31)34-27-8-4-7-25(20-27)29(33)30-14-11-24-18-22-9-10-23(24)17-22/h1-10,20,22-24,26H,11-19H2,(H,30,33). The van der Waals surface area contributed by atoms with E-state index in [9.17, 15) is 9.59 Å². The quantitative estimate of drug-likeness (QED) is 0.587. The number of nitrogens with zero attached hydrogens (tertiary/aromatic N) is 1. The molecule has 0 aromatic heterocycles. The highest BCUT2D eigenvalue weighted by Crippen LogP contribution is 2.44. The van der Waals surface area contributed by atoms with Gasteiger partial charge in [-0.3, -0.25) is 9.59 Å². The molecule has 2 aliphatic carbocycles. The lowest BCUT2D eigenvalue weighted by atomic mass is 9.90. The molecule has 2 fully saturated rings. The molecule has 1 aliphatic heterocycles. The second-order valence-corrected chi connectivity index (χ2v) is 9.97. The van der Waals surface area contributed by atoms with Crippen molar-refractivity contribution >= 4 is 11.8 Å². The Labute approximate surface area is 202 Å². The van der Waals surface area contributed by atoms with E-state index < -0.39 is 0 Å². The van der Waals surface area contributed by atoms with Crippen molar-refractivity contribution in [3.8, 4) is 5.75 Å². The Hall–Kier alpha value is -3.08. The molecule has 1 heterocycles. The van der Waals surface area contributed by atoms with E-state index in [-0.39, 0.29) is 17.9 Å². The molecule has 1 saturated carbocycles. The second-order valence-electron chi connectivity index (χ2n) is 9.97. The molecule has 1 saturated heterocycles. The van der Waals surface area contributed by atoms with Crippen LogP contribution in [0.5, 0.6) is 5.75 Å². The smallest absolute Gasteiger partial charge is 0.251 e. The molecule has 2 bridgehead atoms. The predicted octanol–water partition coefficient (Wildman–Crippen LogP) is 4.63. The maximum atomic E-state index is 12.7. The molecule has 5 rings (SSSR count). The molecule has 5 nitrogen and oxygen atoms in total. The SMILES string of the molecule is O=C(NCCC1CC2C=CC1C2)c1cccc(OC2CCN(C(=O)Cc3ccccc3)CC2)c1. The molecule has 0 spiro atoms. The number of rotatable bonds is 8. The third-order valence-corrected chi connectivity index (χ3v) is 7.61. The fourth-order valence-corrected chi connectivity index (χ4v) is 5.71. The molecule has 5 heteroatoms. The summed E-state index contributed by atoms with van der Waals surface area (Å²) >= 11 is 0. The molecule has 2 aromatic carbocycles. The van der Waals surface area contributed by atoms with Gasteiger partial charge in [-0.2, -0.15) is 0 Å². The molecule has 0 radical (unpaired) electrons. The van der Waals surface area contributed by atoms with E-state index in [1.165, 1.54) is 12.8 Å². The van der Waals surface area contributed by atoms with E-state index in [1.54, 1.807) is 0 Å². The van der Waals surface area contributed by atoms with Crippen molar-refractivity contribution < 1.29 is 14.3 Å². The van der Waals surface area contributed by atoms with Crippen molar-refractivity contribution in [2.75, 3.05) is 19.6 Å². The van der Waals surface area contributed by atoms with E-state index >= 15 is 0 Å². The zero-order valence-electron chi connectivity index (χ0n) is 19.7. The van der Waals surface area contributed by atoms with Gasteiger partial charge in [0.15, 0.2) is 0 Å². The number of likely N-dealkylation sites (tertiary alicyclic amines) is 1. The van der Waals surface area contributed by atoms with Crippen molar-refractivity contribution in [1.29, 1.82) is 0 Å². The Morgan fingerprint density at radius 3 is 2.53 bits per heavy atom. The van der Waals surface area contributed by atoms with E-state index in [4.69, 9.17) is 4.74 Å². The Bertz CT molecular complexity index is 1030.